The molecular formula is C21H22N4O4. The summed E-state index contributed by atoms with van der Waals surface area (Å²) in [7, 11) is 0. The monoisotopic (exact) mass is 394 g/mol. The van der Waals surface area contributed by atoms with E-state index < -0.39 is 0 Å². The highest BCUT2D eigenvalue weighted by atomic mass is 16.2. The molecule has 150 valence electrons. The summed E-state index contributed by atoms with van der Waals surface area (Å²) in [5, 5.41) is 10.9. The van der Waals surface area contributed by atoms with Gasteiger partial charge in [0.25, 0.3) is 0 Å². The Labute approximate surface area is 168 Å². The first-order chi connectivity index (χ1) is 13.8. The standard InChI is InChI=1S/C21H22N4O4/c1-12(26)22-14-3-7-16(8-4-14)24-20(28)18-11-19(18)21(29)25-17-9-5-15(6-10-17)23-13(2)27/h3-10,18-19H,11H2,1-2H3,(H,22,26)(H,23,27)(H,24,28)(H,25,29). The van der Waals surface area contributed by atoms with Crippen LogP contribution in [-0.4, -0.2) is 23.6 Å². The van der Waals surface area contributed by atoms with Gasteiger partial charge in [-0.3, -0.25) is 19.2 Å². The van der Waals surface area contributed by atoms with Crippen molar-refractivity contribution in [2.24, 2.45) is 11.8 Å². The predicted molar refractivity (Wildman–Crippen MR) is 110 cm³/mol. The van der Waals surface area contributed by atoms with E-state index in [0.717, 1.165) is 0 Å². The molecule has 8 heteroatoms. The number of carbonyl (C=O) groups is 4. The lowest BCUT2D eigenvalue weighted by Gasteiger charge is -2.08. The highest BCUT2D eigenvalue weighted by Gasteiger charge is 2.48. The molecule has 0 radical (unpaired) electrons. The van der Waals surface area contributed by atoms with E-state index in [4.69, 9.17) is 0 Å². The first-order valence-corrected chi connectivity index (χ1v) is 9.19. The molecule has 0 aliphatic heterocycles. The van der Waals surface area contributed by atoms with Crippen molar-refractivity contribution >= 4 is 46.4 Å². The van der Waals surface area contributed by atoms with Gasteiger partial charge in [-0.25, -0.2) is 0 Å². The fraction of sp³-hybridized carbons (Fsp3) is 0.238. The molecule has 0 saturated heterocycles. The van der Waals surface area contributed by atoms with Gasteiger partial charge in [0.1, 0.15) is 0 Å². The van der Waals surface area contributed by atoms with E-state index in [1.807, 2.05) is 0 Å². The second-order valence-corrected chi connectivity index (χ2v) is 6.94. The summed E-state index contributed by atoms with van der Waals surface area (Å²) in [6.45, 7) is 2.84. The van der Waals surface area contributed by atoms with Crippen molar-refractivity contribution in [2.45, 2.75) is 20.3 Å². The topological polar surface area (TPSA) is 116 Å². The SMILES string of the molecule is CC(=O)Nc1ccc(NC(=O)C2CC2C(=O)Nc2ccc(NC(C)=O)cc2)cc1. The number of hydrogen-bond donors (Lipinski definition) is 4. The zero-order chi connectivity index (χ0) is 21.0. The third kappa shape index (κ3) is 5.65. The van der Waals surface area contributed by atoms with Gasteiger partial charge < -0.3 is 21.3 Å². The number of hydrogen-bond acceptors (Lipinski definition) is 4. The zero-order valence-corrected chi connectivity index (χ0v) is 16.1. The van der Waals surface area contributed by atoms with Gasteiger partial charge in [-0.05, 0) is 55.0 Å². The third-order valence-corrected chi connectivity index (χ3v) is 4.41. The first kappa shape index (κ1) is 20.1. The molecule has 4 amide bonds. The van der Waals surface area contributed by atoms with E-state index in [1.165, 1.54) is 13.8 Å². The van der Waals surface area contributed by atoms with Crippen LogP contribution in [0.4, 0.5) is 22.7 Å². The van der Waals surface area contributed by atoms with Crippen molar-refractivity contribution < 1.29 is 19.2 Å². The molecule has 0 aromatic heterocycles. The van der Waals surface area contributed by atoms with Crippen molar-refractivity contribution in [3.05, 3.63) is 48.5 Å². The maximum Gasteiger partial charge on any atom is 0.228 e. The number of amides is 4. The third-order valence-electron chi connectivity index (χ3n) is 4.41. The molecule has 4 N–H and O–H groups in total. The van der Waals surface area contributed by atoms with Crippen LogP contribution in [0, 0.1) is 11.8 Å². The van der Waals surface area contributed by atoms with Crippen LogP contribution in [-0.2, 0) is 19.2 Å². The molecule has 2 unspecified atom stereocenters. The van der Waals surface area contributed by atoms with Crippen LogP contribution in [0.5, 0.6) is 0 Å². The Balaban J connectivity index is 1.49. The highest BCUT2D eigenvalue weighted by molar-refractivity contribution is 6.03. The Bertz CT molecular complexity index is 861. The zero-order valence-electron chi connectivity index (χ0n) is 16.1. The van der Waals surface area contributed by atoms with Crippen LogP contribution in [0.3, 0.4) is 0 Å². The minimum absolute atomic E-state index is 0.168. The maximum atomic E-state index is 12.4. The van der Waals surface area contributed by atoms with Gasteiger partial charge in [-0.15, -0.1) is 0 Å². The molecule has 1 aliphatic rings. The van der Waals surface area contributed by atoms with Crippen molar-refractivity contribution in [3.8, 4) is 0 Å². The molecule has 8 nitrogen and oxygen atoms in total. The van der Waals surface area contributed by atoms with Crippen molar-refractivity contribution in [3.63, 3.8) is 0 Å². The van der Waals surface area contributed by atoms with Crippen molar-refractivity contribution in [1.82, 2.24) is 0 Å². The number of anilines is 4. The van der Waals surface area contributed by atoms with Crippen LogP contribution in [0.15, 0.2) is 48.5 Å². The maximum absolute atomic E-state index is 12.4. The Hall–Kier alpha value is -3.68. The normalized spacial score (nSPS) is 17.0. The average Bonchev–Trinajstić information content (AvgIpc) is 3.45. The molecule has 0 bridgehead atoms. The largest absolute Gasteiger partial charge is 0.326 e. The minimum atomic E-state index is -0.372. The van der Waals surface area contributed by atoms with Crippen molar-refractivity contribution in [1.29, 1.82) is 0 Å². The van der Waals surface area contributed by atoms with E-state index in [9.17, 15) is 19.2 Å². The minimum Gasteiger partial charge on any atom is -0.326 e. The van der Waals surface area contributed by atoms with Crippen LogP contribution < -0.4 is 21.3 Å². The molecular weight excluding hydrogens is 372 g/mol. The molecule has 1 fully saturated rings. The van der Waals surface area contributed by atoms with Gasteiger partial charge in [-0.2, -0.15) is 0 Å². The van der Waals surface area contributed by atoms with Crippen molar-refractivity contribution in [2.75, 3.05) is 21.3 Å². The van der Waals surface area contributed by atoms with Gasteiger partial charge in [0, 0.05) is 36.6 Å². The molecule has 1 aliphatic carbocycles. The van der Waals surface area contributed by atoms with Crippen LogP contribution in [0.25, 0.3) is 0 Å². The second kappa shape index (κ2) is 8.55. The molecule has 2 atom stereocenters. The van der Waals surface area contributed by atoms with E-state index in [-0.39, 0.29) is 35.5 Å². The summed E-state index contributed by atoms with van der Waals surface area (Å²) in [6, 6.07) is 13.5. The van der Waals surface area contributed by atoms with Gasteiger partial charge in [0.2, 0.25) is 23.6 Å². The number of benzene rings is 2. The predicted octanol–water partition coefficient (Wildman–Crippen LogP) is 2.82. The summed E-state index contributed by atoms with van der Waals surface area (Å²) in [4.78, 5) is 46.8. The van der Waals surface area contributed by atoms with Crippen LogP contribution in [0.1, 0.15) is 20.3 Å². The lowest BCUT2D eigenvalue weighted by atomic mass is 10.2. The van der Waals surface area contributed by atoms with Gasteiger partial charge in [0.05, 0.1) is 11.8 Å². The lowest BCUT2D eigenvalue weighted by molar-refractivity contribution is -0.122. The molecule has 3 rings (SSSR count). The Morgan fingerprint density at radius 3 is 1.14 bits per heavy atom. The Morgan fingerprint density at radius 2 is 0.862 bits per heavy atom. The Morgan fingerprint density at radius 1 is 0.586 bits per heavy atom. The van der Waals surface area contributed by atoms with Crippen LogP contribution in [0.2, 0.25) is 0 Å². The molecule has 2 aromatic rings. The second-order valence-electron chi connectivity index (χ2n) is 6.94. The molecule has 2 aromatic carbocycles. The summed E-state index contributed by atoms with van der Waals surface area (Å²) in [5.41, 5.74) is 2.49. The molecule has 0 spiro atoms. The average molecular weight is 394 g/mol. The van der Waals surface area contributed by atoms with Crippen LogP contribution >= 0.6 is 0 Å². The van der Waals surface area contributed by atoms with E-state index in [1.54, 1.807) is 48.5 Å². The van der Waals surface area contributed by atoms with E-state index in [2.05, 4.69) is 21.3 Å². The molecule has 0 heterocycles. The number of nitrogens with one attached hydrogen (secondary N) is 4. The molecule has 29 heavy (non-hydrogen) atoms. The van der Waals surface area contributed by atoms with Gasteiger partial charge >= 0.3 is 0 Å². The summed E-state index contributed by atoms with van der Waals surface area (Å²) in [5.74, 6) is -1.50. The summed E-state index contributed by atoms with van der Waals surface area (Å²) in [6.07, 6.45) is 0.492. The smallest absolute Gasteiger partial charge is 0.228 e. The molecule has 1 saturated carbocycles. The fourth-order valence-corrected chi connectivity index (χ4v) is 2.92. The van der Waals surface area contributed by atoms with E-state index in [0.29, 0.717) is 29.2 Å². The number of carbonyl (C=O) groups excluding carboxylic acids is 4. The fourth-order valence-electron chi connectivity index (χ4n) is 2.92. The number of rotatable bonds is 6. The van der Waals surface area contributed by atoms with E-state index >= 15 is 0 Å². The summed E-state index contributed by atoms with van der Waals surface area (Å²) >= 11 is 0. The van der Waals surface area contributed by atoms with Gasteiger partial charge in [-0.1, -0.05) is 0 Å². The Kier molecular flexibility index (Phi) is 5.92. The lowest BCUT2D eigenvalue weighted by Crippen LogP contribution is -2.20. The van der Waals surface area contributed by atoms with Gasteiger partial charge in [0.15, 0.2) is 0 Å². The summed E-state index contributed by atoms with van der Waals surface area (Å²) < 4.78 is 0. The highest BCUT2D eigenvalue weighted by Crippen LogP contribution is 2.40. The first-order valence-electron chi connectivity index (χ1n) is 9.19. The quantitative estimate of drug-likeness (QED) is 0.603.